The second-order valence-corrected chi connectivity index (χ2v) is 13.4. The predicted molar refractivity (Wildman–Crippen MR) is 81.3 cm³/mol. The molecule has 1 saturated heterocycles. The molecule has 0 amide bonds. The van der Waals surface area contributed by atoms with Gasteiger partial charge >= 0.3 is 0 Å². The number of rotatable bonds is 2. The molecule has 0 unspecified atom stereocenters. The van der Waals surface area contributed by atoms with E-state index in [0.29, 0.717) is 12.2 Å². The Morgan fingerprint density at radius 2 is 1.95 bits per heavy atom. The lowest BCUT2D eigenvalue weighted by Gasteiger charge is -2.44. The topological polar surface area (TPSA) is 38.8 Å². The van der Waals surface area contributed by atoms with E-state index in [1.54, 1.807) is 0 Å². The maximum Gasteiger partial charge on any atom is 0.192 e. The van der Waals surface area contributed by atoms with Gasteiger partial charge in [-0.25, -0.2) is 0 Å². The summed E-state index contributed by atoms with van der Waals surface area (Å²) >= 11 is 0. The lowest BCUT2D eigenvalue weighted by Crippen LogP contribution is -2.51. The lowest BCUT2D eigenvalue weighted by molar-refractivity contribution is -0.122. The van der Waals surface area contributed by atoms with Crippen molar-refractivity contribution in [2.45, 2.75) is 89.3 Å². The van der Waals surface area contributed by atoms with Crippen molar-refractivity contribution in [3.8, 4) is 0 Å². The summed E-state index contributed by atoms with van der Waals surface area (Å²) in [5, 5.41) is 0.230. The number of hydrogen-bond donors (Lipinski definition) is 0. The molecule has 0 radical (unpaired) electrons. The van der Waals surface area contributed by atoms with Gasteiger partial charge in [0.15, 0.2) is 14.1 Å². The van der Waals surface area contributed by atoms with Crippen LogP contribution in [0.5, 0.6) is 0 Å². The van der Waals surface area contributed by atoms with Crippen molar-refractivity contribution in [2.75, 3.05) is 0 Å². The minimum Gasteiger partial charge on any atom is -0.413 e. The molecule has 2 aliphatic carbocycles. The van der Waals surface area contributed by atoms with Crippen molar-refractivity contribution in [1.82, 2.24) is 0 Å². The summed E-state index contributed by atoms with van der Waals surface area (Å²) in [4.78, 5) is 11.9. The number of carbonyl (C=O) groups excluding carboxylic acids is 1. The Morgan fingerprint density at radius 3 is 2.55 bits per heavy atom. The molecule has 4 heteroatoms. The minimum absolute atomic E-state index is 0.0428. The van der Waals surface area contributed by atoms with Gasteiger partial charge in [0.05, 0.1) is 6.10 Å². The number of ketones is 1. The molecule has 0 aromatic rings. The molecule has 3 rings (SSSR count). The van der Waals surface area contributed by atoms with Crippen LogP contribution >= 0.6 is 0 Å². The van der Waals surface area contributed by atoms with Crippen LogP contribution in [0.25, 0.3) is 0 Å². The summed E-state index contributed by atoms with van der Waals surface area (Å²) < 4.78 is 12.6. The first-order valence-corrected chi connectivity index (χ1v) is 10.8. The van der Waals surface area contributed by atoms with Gasteiger partial charge < -0.3 is 9.16 Å². The quantitative estimate of drug-likeness (QED) is 0.576. The maximum absolute atomic E-state index is 11.9. The molecule has 3 aliphatic rings. The SMILES string of the molecule is CC(C)(C)[Si](C)(C)O[C@@H]1CC[C@@]23O[C@@H]2C(=O)CC[C@@]13C. The van der Waals surface area contributed by atoms with E-state index in [1.807, 2.05) is 0 Å². The summed E-state index contributed by atoms with van der Waals surface area (Å²) in [7, 11) is -1.77. The zero-order valence-corrected chi connectivity index (χ0v) is 14.7. The second kappa shape index (κ2) is 3.96. The van der Waals surface area contributed by atoms with Crippen LogP contribution in [0.4, 0.5) is 0 Å². The Labute approximate surface area is 123 Å². The van der Waals surface area contributed by atoms with Crippen molar-refractivity contribution < 1.29 is 14.0 Å². The van der Waals surface area contributed by atoms with Crippen LogP contribution in [0.15, 0.2) is 0 Å². The first kappa shape index (κ1) is 14.7. The van der Waals surface area contributed by atoms with Crippen LogP contribution in [0.2, 0.25) is 18.1 Å². The molecular weight excluding hydrogens is 268 g/mol. The van der Waals surface area contributed by atoms with E-state index in [4.69, 9.17) is 9.16 Å². The van der Waals surface area contributed by atoms with Gasteiger partial charge in [0, 0.05) is 11.8 Å². The molecule has 4 atom stereocenters. The van der Waals surface area contributed by atoms with Crippen LogP contribution in [0.3, 0.4) is 0 Å². The summed E-state index contributed by atoms with van der Waals surface area (Å²) in [5.41, 5.74) is -0.129. The molecule has 0 aromatic heterocycles. The van der Waals surface area contributed by atoms with Crippen molar-refractivity contribution >= 4 is 14.1 Å². The summed E-state index contributed by atoms with van der Waals surface area (Å²) in [6.07, 6.45) is 3.80. The van der Waals surface area contributed by atoms with Crippen molar-refractivity contribution in [3.63, 3.8) is 0 Å². The first-order valence-electron chi connectivity index (χ1n) is 7.92. The van der Waals surface area contributed by atoms with E-state index >= 15 is 0 Å². The molecule has 3 fully saturated rings. The van der Waals surface area contributed by atoms with Crippen molar-refractivity contribution in [2.24, 2.45) is 5.41 Å². The average molecular weight is 296 g/mol. The van der Waals surface area contributed by atoms with Crippen LogP contribution in [-0.4, -0.2) is 31.9 Å². The number of ether oxygens (including phenoxy) is 1. The minimum atomic E-state index is -1.77. The van der Waals surface area contributed by atoms with E-state index in [2.05, 4.69) is 40.8 Å². The largest absolute Gasteiger partial charge is 0.413 e. The van der Waals surface area contributed by atoms with E-state index in [1.165, 1.54) is 0 Å². The standard InChI is InChI=1S/C16H28O3Si/c1-14(2,3)20(5,6)19-12-8-10-16-13(18-16)11(17)7-9-15(12,16)4/h12-13H,7-10H2,1-6H3/t12-,13-,15+,16-/m1/s1. The summed E-state index contributed by atoms with van der Waals surface area (Å²) in [5.74, 6) is 0.315. The van der Waals surface area contributed by atoms with Crippen LogP contribution < -0.4 is 0 Å². The zero-order valence-electron chi connectivity index (χ0n) is 13.7. The highest BCUT2D eigenvalue weighted by Gasteiger charge is 2.76. The van der Waals surface area contributed by atoms with Gasteiger partial charge in [0.25, 0.3) is 0 Å². The molecule has 3 nitrogen and oxygen atoms in total. The number of epoxide rings is 1. The van der Waals surface area contributed by atoms with Gasteiger partial charge in [-0.3, -0.25) is 4.79 Å². The molecule has 1 aliphatic heterocycles. The fourth-order valence-corrected chi connectivity index (χ4v) is 5.40. The molecule has 0 bridgehead atoms. The predicted octanol–water partition coefficient (Wildman–Crippen LogP) is 3.68. The smallest absolute Gasteiger partial charge is 0.192 e. The third kappa shape index (κ3) is 1.74. The maximum atomic E-state index is 11.9. The van der Waals surface area contributed by atoms with Gasteiger partial charge in [-0.05, 0) is 37.4 Å². The summed E-state index contributed by atoms with van der Waals surface area (Å²) in [6.45, 7) is 13.8. The monoisotopic (exact) mass is 296 g/mol. The van der Waals surface area contributed by atoms with E-state index in [-0.39, 0.29) is 28.3 Å². The first-order chi connectivity index (χ1) is 9.04. The molecule has 0 aromatic carbocycles. The Kier molecular flexibility index (Phi) is 2.92. The average Bonchev–Trinajstić information content (AvgIpc) is 2.99. The Hall–Kier alpha value is -0.193. The summed E-state index contributed by atoms with van der Waals surface area (Å²) in [6, 6.07) is 0. The highest BCUT2D eigenvalue weighted by Crippen LogP contribution is 2.66. The molecule has 1 spiro atoms. The Bertz CT molecular complexity index is 453. The fraction of sp³-hybridized carbons (Fsp3) is 0.938. The molecule has 2 saturated carbocycles. The van der Waals surface area contributed by atoms with Crippen LogP contribution in [0, 0.1) is 5.41 Å². The van der Waals surface area contributed by atoms with Gasteiger partial charge in [0.1, 0.15) is 11.7 Å². The van der Waals surface area contributed by atoms with Gasteiger partial charge in [-0.1, -0.05) is 27.7 Å². The van der Waals surface area contributed by atoms with Crippen LogP contribution in [-0.2, 0) is 14.0 Å². The van der Waals surface area contributed by atoms with Crippen molar-refractivity contribution in [1.29, 1.82) is 0 Å². The second-order valence-electron chi connectivity index (χ2n) is 8.68. The van der Waals surface area contributed by atoms with Gasteiger partial charge in [-0.2, -0.15) is 0 Å². The van der Waals surface area contributed by atoms with Crippen LogP contribution in [0.1, 0.15) is 53.4 Å². The third-order valence-corrected chi connectivity index (χ3v) is 11.1. The van der Waals surface area contributed by atoms with Gasteiger partial charge in [0.2, 0.25) is 0 Å². The highest BCUT2D eigenvalue weighted by molar-refractivity contribution is 6.74. The van der Waals surface area contributed by atoms with E-state index in [9.17, 15) is 4.79 Å². The van der Waals surface area contributed by atoms with Gasteiger partial charge in [-0.15, -0.1) is 0 Å². The Morgan fingerprint density at radius 1 is 1.30 bits per heavy atom. The molecule has 20 heavy (non-hydrogen) atoms. The number of hydrogen-bond acceptors (Lipinski definition) is 3. The Balaban J connectivity index is 1.82. The molecular formula is C16H28O3Si. The molecule has 1 heterocycles. The normalized spacial score (nSPS) is 44.2. The lowest BCUT2D eigenvalue weighted by atomic mass is 9.68. The highest BCUT2D eigenvalue weighted by atomic mass is 28.4. The number of Topliss-reactive ketones (excluding diaryl/α,β-unsaturated/α-hetero) is 1. The van der Waals surface area contributed by atoms with Crippen molar-refractivity contribution in [3.05, 3.63) is 0 Å². The zero-order chi connectivity index (χ0) is 15.0. The fourth-order valence-electron chi connectivity index (χ4n) is 3.96. The molecule has 0 N–H and O–H groups in total. The van der Waals surface area contributed by atoms with E-state index < -0.39 is 8.32 Å². The number of carbonyl (C=O) groups is 1. The third-order valence-electron chi connectivity index (χ3n) is 6.58. The van der Waals surface area contributed by atoms with E-state index in [0.717, 1.165) is 19.3 Å². The molecule has 114 valence electrons.